The van der Waals surface area contributed by atoms with Gasteiger partial charge in [0.25, 0.3) is 5.91 Å². The lowest BCUT2D eigenvalue weighted by atomic mass is 10.3. The van der Waals surface area contributed by atoms with E-state index in [1.807, 2.05) is 0 Å². The largest absolute Gasteiger partial charge is 0.271 e. The fourth-order valence-corrected chi connectivity index (χ4v) is 0.651. The zero-order valence-corrected chi connectivity index (χ0v) is 5.90. The topological polar surface area (TPSA) is 41.5 Å². The number of alkyl halides is 1. The van der Waals surface area contributed by atoms with Gasteiger partial charge in [-0.2, -0.15) is 5.10 Å². The first-order valence-corrected chi connectivity index (χ1v) is 3.11. The standard InChI is InChI=1S/C4H5BrN2O/c1-2-3(5)4(8)7-6-2/h3H,1H3,(H,7,8). The second kappa shape index (κ2) is 1.85. The third kappa shape index (κ3) is 0.753. The summed E-state index contributed by atoms with van der Waals surface area (Å²) in [6.45, 7) is 1.79. The summed E-state index contributed by atoms with van der Waals surface area (Å²) in [5.41, 5.74) is 3.11. The van der Waals surface area contributed by atoms with Crippen LogP contribution < -0.4 is 5.43 Å². The molecular formula is C4H5BrN2O. The maximum absolute atomic E-state index is 10.5. The Balaban J connectivity index is 2.72. The highest BCUT2D eigenvalue weighted by Crippen LogP contribution is 2.06. The number of nitrogens with zero attached hydrogens (tertiary/aromatic N) is 1. The van der Waals surface area contributed by atoms with Crippen LogP contribution in [0.2, 0.25) is 0 Å². The molecule has 0 aliphatic carbocycles. The van der Waals surface area contributed by atoms with Gasteiger partial charge in [0.2, 0.25) is 0 Å². The summed E-state index contributed by atoms with van der Waals surface area (Å²) in [6, 6.07) is 0. The van der Waals surface area contributed by atoms with Gasteiger partial charge < -0.3 is 0 Å². The third-order valence-electron chi connectivity index (χ3n) is 0.939. The van der Waals surface area contributed by atoms with Crippen LogP contribution in [0.1, 0.15) is 6.92 Å². The Morgan fingerprint density at radius 1 is 1.88 bits per heavy atom. The summed E-state index contributed by atoms with van der Waals surface area (Å²) in [4.78, 5) is 10.3. The molecule has 0 radical (unpaired) electrons. The first-order valence-electron chi connectivity index (χ1n) is 2.20. The number of rotatable bonds is 0. The number of hydrazone groups is 1. The summed E-state index contributed by atoms with van der Waals surface area (Å²) >= 11 is 3.13. The van der Waals surface area contributed by atoms with Crippen molar-refractivity contribution in [1.82, 2.24) is 5.43 Å². The average Bonchev–Trinajstić information content (AvgIpc) is 1.98. The number of halogens is 1. The first kappa shape index (κ1) is 5.75. The van der Waals surface area contributed by atoms with E-state index in [4.69, 9.17) is 0 Å². The predicted octanol–water partition coefficient (Wildman–Crippen LogP) is 0.256. The van der Waals surface area contributed by atoms with E-state index in [2.05, 4.69) is 26.5 Å². The van der Waals surface area contributed by atoms with E-state index in [0.29, 0.717) is 0 Å². The van der Waals surface area contributed by atoms with Crippen LogP contribution in [0.5, 0.6) is 0 Å². The van der Waals surface area contributed by atoms with E-state index in [9.17, 15) is 4.79 Å². The van der Waals surface area contributed by atoms with Gasteiger partial charge in [-0.3, -0.25) is 4.79 Å². The maximum Gasteiger partial charge on any atom is 0.259 e. The molecule has 1 N–H and O–H groups in total. The SMILES string of the molecule is CC1=NNC(=O)C1Br. The molecule has 0 saturated carbocycles. The van der Waals surface area contributed by atoms with Crippen LogP contribution in [0, 0.1) is 0 Å². The molecule has 0 aromatic rings. The van der Waals surface area contributed by atoms with Crippen LogP contribution in [0.4, 0.5) is 0 Å². The van der Waals surface area contributed by atoms with Crippen LogP contribution in [0.3, 0.4) is 0 Å². The highest BCUT2D eigenvalue weighted by molar-refractivity contribution is 9.10. The van der Waals surface area contributed by atoms with Crippen molar-refractivity contribution in [2.24, 2.45) is 5.10 Å². The van der Waals surface area contributed by atoms with E-state index in [0.717, 1.165) is 5.71 Å². The number of nitrogens with one attached hydrogen (secondary N) is 1. The smallest absolute Gasteiger partial charge is 0.259 e. The normalized spacial score (nSPS) is 27.5. The predicted molar refractivity (Wildman–Crippen MR) is 34.0 cm³/mol. The van der Waals surface area contributed by atoms with Crippen molar-refractivity contribution in [1.29, 1.82) is 0 Å². The lowest BCUT2D eigenvalue weighted by Gasteiger charge is -1.90. The fourth-order valence-electron chi connectivity index (χ4n) is 0.446. The second-order valence-electron chi connectivity index (χ2n) is 1.59. The molecule has 4 heteroatoms. The highest BCUT2D eigenvalue weighted by atomic mass is 79.9. The molecule has 3 nitrogen and oxygen atoms in total. The molecule has 0 saturated heterocycles. The van der Waals surface area contributed by atoms with Crippen molar-refractivity contribution < 1.29 is 4.79 Å². The zero-order chi connectivity index (χ0) is 6.15. The quantitative estimate of drug-likeness (QED) is 0.529. The molecule has 1 atom stereocenters. The average molecular weight is 177 g/mol. The van der Waals surface area contributed by atoms with Crippen LogP contribution >= 0.6 is 15.9 Å². The van der Waals surface area contributed by atoms with Gasteiger partial charge in [0.15, 0.2) is 0 Å². The van der Waals surface area contributed by atoms with Gasteiger partial charge in [-0.1, -0.05) is 15.9 Å². The van der Waals surface area contributed by atoms with Gasteiger partial charge in [-0.25, -0.2) is 5.43 Å². The van der Waals surface area contributed by atoms with Crippen molar-refractivity contribution in [2.75, 3.05) is 0 Å². The molecule has 1 aliphatic heterocycles. The van der Waals surface area contributed by atoms with Gasteiger partial charge in [-0.15, -0.1) is 0 Å². The van der Waals surface area contributed by atoms with E-state index >= 15 is 0 Å². The minimum atomic E-state index is -0.206. The van der Waals surface area contributed by atoms with Crippen LogP contribution in [-0.2, 0) is 4.79 Å². The number of carbonyl (C=O) groups is 1. The van der Waals surface area contributed by atoms with E-state index in [1.54, 1.807) is 6.92 Å². The molecule has 0 aromatic heterocycles. The number of amides is 1. The zero-order valence-electron chi connectivity index (χ0n) is 4.31. The van der Waals surface area contributed by atoms with Gasteiger partial charge in [0, 0.05) is 0 Å². The van der Waals surface area contributed by atoms with Crippen molar-refractivity contribution in [2.45, 2.75) is 11.8 Å². The monoisotopic (exact) mass is 176 g/mol. The first-order chi connectivity index (χ1) is 3.72. The molecule has 0 spiro atoms. The van der Waals surface area contributed by atoms with Crippen LogP contribution in [0.15, 0.2) is 5.10 Å². The molecule has 0 aromatic carbocycles. The maximum atomic E-state index is 10.5. The Bertz CT molecular complexity index is 154. The molecule has 44 valence electrons. The molecule has 1 rings (SSSR count). The van der Waals surface area contributed by atoms with Crippen molar-refractivity contribution in [3.63, 3.8) is 0 Å². The van der Waals surface area contributed by atoms with Gasteiger partial charge in [0.05, 0.1) is 5.71 Å². The van der Waals surface area contributed by atoms with Crippen LogP contribution in [-0.4, -0.2) is 16.4 Å². The minimum absolute atomic E-state index is 0.0810. The van der Waals surface area contributed by atoms with Gasteiger partial charge in [0.1, 0.15) is 4.83 Å². The third-order valence-corrected chi connectivity index (χ3v) is 2.02. The minimum Gasteiger partial charge on any atom is -0.271 e. The molecule has 8 heavy (non-hydrogen) atoms. The lowest BCUT2D eigenvalue weighted by Crippen LogP contribution is -2.21. The Morgan fingerprint density at radius 2 is 2.50 bits per heavy atom. The molecule has 1 aliphatic rings. The second-order valence-corrected chi connectivity index (χ2v) is 2.51. The van der Waals surface area contributed by atoms with Crippen LogP contribution in [0.25, 0.3) is 0 Å². The van der Waals surface area contributed by atoms with Crippen molar-refractivity contribution in [3.8, 4) is 0 Å². The lowest BCUT2D eigenvalue weighted by molar-refractivity contribution is -0.118. The molecule has 1 unspecified atom stereocenters. The molecular weight excluding hydrogens is 172 g/mol. The summed E-state index contributed by atoms with van der Waals surface area (Å²) < 4.78 is 0. The van der Waals surface area contributed by atoms with Gasteiger partial charge in [-0.05, 0) is 6.92 Å². The summed E-state index contributed by atoms with van der Waals surface area (Å²) in [7, 11) is 0. The highest BCUT2D eigenvalue weighted by Gasteiger charge is 2.22. The van der Waals surface area contributed by atoms with E-state index < -0.39 is 0 Å². The Morgan fingerprint density at radius 3 is 2.62 bits per heavy atom. The van der Waals surface area contributed by atoms with Gasteiger partial charge >= 0.3 is 0 Å². The Hall–Kier alpha value is -0.380. The molecule has 0 bridgehead atoms. The number of hydrogen-bond acceptors (Lipinski definition) is 2. The number of hydrogen-bond donors (Lipinski definition) is 1. The summed E-state index contributed by atoms with van der Waals surface area (Å²) in [5, 5.41) is 3.67. The summed E-state index contributed by atoms with van der Waals surface area (Å²) in [5.74, 6) is -0.0810. The fraction of sp³-hybridized carbons (Fsp3) is 0.500. The Labute approximate surface area is 55.3 Å². The van der Waals surface area contributed by atoms with E-state index in [1.165, 1.54) is 0 Å². The van der Waals surface area contributed by atoms with Crippen molar-refractivity contribution >= 4 is 27.5 Å². The van der Waals surface area contributed by atoms with E-state index in [-0.39, 0.29) is 10.7 Å². The Kier molecular flexibility index (Phi) is 1.33. The molecule has 1 amide bonds. The molecule has 1 heterocycles. The summed E-state index contributed by atoms with van der Waals surface area (Å²) in [6.07, 6.45) is 0. The number of carbonyl (C=O) groups excluding carboxylic acids is 1. The molecule has 0 fully saturated rings. The van der Waals surface area contributed by atoms with Crippen molar-refractivity contribution in [3.05, 3.63) is 0 Å².